The van der Waals surface area contributed by atoms with Gasteiger partial charge in [-0.1, -0.05) is 29.8 Å². The normalized spacial score (nSPS) is 10.3. The molecule has 0 aliphatic rings. The highest BCUT2D eigenvalue weighted by Crippen LogP contribution is 2.30. The number of carbonyl (C=O) groups is 1. The van der Waals surface area contributed by atoms with Gasteiger partial charge in [0.05, 0.1) is 15.2 Å². The number of rotatable bonds is 3. The lowest BCUT2D eigenvalue weighted by Gasteiger charge is -2.09. The smallest absolute Gasteiger partial charge is 0.255 e. The van der Waals surface area contributed by atoms with E-state index in [1.54, 1.807) is 36.4 Å². The number of hydrogen-bond donors (Lipinski definition) is 1. The Morgan fingerprint density at radius 2 is 1.95 bits per heavy atom. The van der Waals surface area contributed by atoms with Crippen LogP contribution in [-0.2, 0) is 5.88 Å². The van der Waals surface area contributed by atoms with Crippen molar-refractivity contribution in [2.24, 2.45) is 0 Å². The summed E-state index contributed by atoms with van der Waals surface area (Å²) in [5.41, 5.74) is 2.10. The summed E-state index contributed by atoms with van der Waals surface area (Å²) in [7, 11) is 0. The van der Waals surface area contributed by atoms with Crippen LogP contribution in [0.2, 0.25) is 5.02 Å². The van der Waals surface area contributed by atoms with Gasteiger partial charge in [-0.05, 0) is 45.8 Å². The lowest BCUT2D eigenvalue weighted by Crippen LogP contribution is -2.12. The van der Waals surface area contributed by atoms with Crippen LogP contribution in [0, 0.1) is 0 Å². The number of alkyl halides is 1. The topological polar surface area (TPSA) is 29.1 Å². The van der Waals surface area contributed by atoms with Gasteiger partial charge in [0.25, 0.3) is 5.91 Å². The maximum Gasteiger partial charge on any atom is 0.255 e. The van der Waals surface area contributed by atoms with Crippen molar-refractivity contribution in [2.75, 3.05) is 5.32 Å². The average molecular weight is 359 g/mol. The van der Waals surface area contributed by atoms with E-state index in [2.05, 4.69) is 21.2 Å². The summed E-state index contributed by atoms with van der Waals surface area (Å²) < 4.78 is 0.665. The molecule has 0 heterocycles. The van der Waals surface area contributed by atoms with Crippen molar-refractivity contribution in [3.8, 4) is 0 Å². The van der Waals surface area contributed by atoms with E-state index in [9.17, 15) is 4.79 Å². The third kappa shape index (κ3) is 3.50. The quantitative estimate of drug-likeness (QED) is 0.760. The van der Waals surface area contributed by atoms with Gasteiger partial charge >= 0.3 is 0 Å². The van der Waals surface area contributed by atoms with E-state index in [4.69, 9.17) is 23.2 Å². The monoisotopic (exact) mass is 357 g/mol. The van der Waals surface area contributed by atoms with Crippen molar-refractivity contribution in [3.05, 3.63) is 63.1 Å². The molecule has 2 aromatic rings. The first-order valence-electron chi connectivity index (χ1n) is 5.52. The zero-order chi connectivity index (χ0) is 13.8. The fourth-order valence-electron chi connectivity index (χ4n) is 1.59. The number of hydrogen-bond acceptors (Lipinski definition) is 1. The number of carbonyl (C=O) groups excluding carboxylic acids is 1. The zero-order valence-electron chi connectivity index (χ0n) is 9.79. The van der Waals surface area contributed by atoms with Crippen LogP contribution in [0.15, 0.2) is 46.9 Å². The predicted octanol–water partition coefficient (Wildman–Crippen LogP) is 5.09. The van der Waals surface area contributed by atoms with Crippen LogP contribution < -0.4 is 5.32 Å². The van der Waals surface area contributed by atoms with Gasteiger partial charge in [-0.25, -0.2) is 0 Å². The van der Waals surface area contributed by atoms with E-state index >= 15 is 0 Å². The molecule has 98 valence electrons. The highest BCUT2D eigenvalue weighted by atomic mass is 79.9. The number of benzene rings is 2. The first-order chi connectivity index (χ1) is 9.11. The Balaban J connectivity index is 2.23. The van der Waals surface area contributed by atoms with Crippen molar-refractivity contribution in [3.63, 3.8) is 0 Å². The Morgan fingerprint density at radius 3 is 2.68 bits per heavy atom. The van der Waals surface area contributed by atoms with Gasteiger partial charge in [0.15, 0.2) is 0 Å². The predicted molar refractivity (Wildman–Crippen MR) is 83.1 cm³/mol. The number of anilines is 1. The molecule has 0 aliphatic carbocycles. The molecule has 0 spiro atoms. The molecule has 0 fully saturated rings. The molecule has 0 bridgehead atoms. The van der Waals surface area contributed by atoms with E-state index in [0.29, 0.717) is 26.6 Å². The van der Waals surface area contributed by atoms with E-state index < -0.39 is 0 Å². The molecule has 0 saturated carbocycles. The van der Waals surface area contributed by atoms with Crippen molar-refractivity contribution < 1.29 is 4.79 Å². The van der Waals surface area contributed by atoms with Crippen LogP contribution in [0.25, 0.3) is 0 Å². The minimum atomic E-state index is -0.199. The summed E-state index contributed by atoms with van der Waals surface area (Å²) >= 11 is 15.1. The Labute approximate surface area is 129 Å². The Kier molecular flexibility index (Phi) is 4.86. The molecule has 5 heteroatoms. The molecule has 1 amide bonds. The van der Waals surface area contributed by atoms with E-state index in [0.717, 1.165) is 5.56 Å². The van der Waals surface area contributed by atoms with Crippen molar-refractivity contribution in [2.45, 2.75) is 5.88 Å². The van der Waals surface area contributed by atoms with Crippen molar-refractivity contribution in [1.82, 2.24) is 0 Å². The second-order valence-corrected chi connectivity index (χ2v) is 5.36. The highest BCUT2D eigenvalue weighted by molar-refractivity contribution is 9.10. The highest BCUT2D eigenvalue weighted by Gasteiger charge is 2.10. The largest absolute Gasteiger partial charge is 0.321 e. The lowest BCUT2D eigenvalue weighted by atomic mass is 10.1. The molecule has 0 atom stereocenters. The standard InChI is InChI=1S/C14H10BrCl2NO/c15-13-11(17)5-2-6-12(13)18-14(19)10-4-1-3-9(7-10)8-16/h1-7H,8H2,(H,18,19). The van der Waals surface area contributed by atoms with Gasteiger partial charge in [-0.2, -0.15) is 0 Å². The average Bonchev–Trinajstić information content (AvgIpc) is 2.44. The Morgan fingerprint density at radius 1 is 1.21 bits per heavy atom. The van der Waals surface area contributed by atoms with Crippen LogP contribution in [-0.4, -0.2) is 5.91 Å². The van der Waals surface area contributed by atoms with Crippen molar-refractivity contribution >= 4 is 50.7 Å². The molecular formula is C14H10BrCl2NO. The molecule has 1 N–H and O–H groups in total. The van der Waals surface area contributed by atoms with Gasteiger partial charge < -0.3 is 5.32 Å². The van der Waals surface area contributed by atoms with Gasteiger partial charge in [0.1, 0.15) is 0 Å². The Hall–Kier alpha value is -1.03. The molecule has 0 radical (unpaired) electrons. The number of nitrogens with one attached hydrogen (secondary N) is 1. The molecule has 0 aromatic heterocycles. The fraction of sp³-hybridized carbons (Fsp3) is 0.0714. The number of halogens is 3. The van der Waals surface area contributed by atoms with Crippen LogP contribution in [0.3, 0.4) is 0 Å². The van der Waals surface area contributed by atoms with E-state index in [1.165, 1.54) is 0 Å². The van der Waals surface area contributed by atoms with Crippen LogP contribution >= 0.6 is 39.1 Å². The molecule has 19 heavy (non-hydrogen) atoms. The summed E-state index contributed by atoms with van der Waals surface area (Å²) in [6.45, 7) is 0. The summed E-state index contributed by atoms with van der Waals surface area (Å²) in [6, 6.07) is 12.5. The maximum atomic E-state index is 12.1. The molecular weight excluding hydrogens is 349 g/mol. The molecule has 2 rings (SSSR count). The van der Waals surface area contributed by atoms with Crippen LogP contribution in [0.1, 0.15) is 15.9 Å². The first kappa shape index (κ1) is 14.4. The second-order valence-electron chi connectivity index (χ2n) is 3.89. The van der Waals surface area contributed by atoms with Gasteiger partial charge in [0.2, 0.25) is 0 Å². The SMILES string of the molecule is O=C(Nc1cccc(Cl)c1Br)c1cccc(CCl)c1. The molecule has 0 unspecified atom stereocenters. The fourth-order valence-corrected chi connectivity index (χ4v) is 2.29. The van der Waals surface area contributed by atoms with Gasteiger partial charge in [-0.15, -0.1) is 11.6 Å². The lowest BCUT2D eigenvalue weighted by molar-refractivity contribution is 0.102. The Bertz CT molecular complexity index is 616. The minimum absolute atomic E-state index is 0.199. The summed E-state index contributed by atoms with van der Waals surface area (Å²) in [6.07, 6.45) is 0. The van der Waals surface area contributed by atoms with Gasteiger partial charge in [0, 0.05) is 11.4 Å². The summed E-state index contributed by atoms with van der Waals surface area (Å²) in [4.78, 5) is 12.1. The first-order valence-corrected chi connectivity index (χ1v) is 7.22. The van der Waals surface area contributed by atoms with Gasteiger partial charge in [-0.3, -0.25) is 4.79 Å². The molecule has 0 aliphatic heterocycles. The van der Waals surface area contributed by atoms with E-state index in [1.807, 2.05) is 6.07 Å². The molecule has 0 saturated heterocycles. The van der Waals surface area contributed by atoms with Crippen molar-refractivity contribution in [1.29, 1.82) is 0 Å². The van der Waals surface area contributed by atoms with Crippen LogP contribution in [0.5, 0.6) is 0 Å². The molecule has 2 nitrogen and oxygen atoms in total. The summed E-state index contributed by atoms with van der Waals surface area (Å²) in [5.74, 6) is 0.178. The maximum absolute atomic E-state index is 12.1. The molecule has 2 aromatic carbocycles. The summed E-state index contributed by atoms with van der Waals surface area (Å²) in [5, 5.41) is 3.35. The van der Waals surface area contributed by atoms with Crippen LogP contribution in [0.4, 0.5) is 5.69 Å². The minimum Gasteiger partial charge on any atom is -0.321 e. The van der Waals surface area contributed by atoms with E-state index in [-0.39, 0.29) is 5.91 Å². The zero-order valence-corrected chi connectivity index (χ0v) is 12.9. The number of amides is 1. The third-order valence-electron chi connectivity index (χ3n) is 2.54. The third-order valence-corrected chi connectivity index (χ3v) is 4.25. The second kappa shape index (κ2) is 6.42.